The Bertz CT molecular complexity index is 519. The van der Waals surface area contributed by atoms with Gasteiger partial charge in [0.25, 0.3) is 0 Å². The van der Waals surface area contributed by atoms with Crippen molar-refractivity contribution in [3.63, 3.8) is 0 Å². The predicted octanol–water partition coefficient (Wildman–Crippen LogP) is 0.971. The molecule has 0 unspecified atom stereocenters. The van der Waals surface area contributed by atoms with Gasteiger partial charge in [0, 0.05) is 6.20 Å². The minimum absolute atomic E-state index is 0.418. The lowest BCUT2D eigenvalue weighted by Crippen LogP contribution is -2.16. The number of nitrogens with zero attached hydrogens (tertiary/aromatic N) is 2. The summed E-state index contributed by atoms with van der Waals surface area (Å²) in [4.78, 5) is 10.5. The molecule has 0 fully saturated rings. The summed E-state index contributed by atoms with van der Waals surface area (Å²) >= 11 is 0. The van der Waals surface area contributed by atoms with Crippen molar-refractivity contribution in [1.82, 2.24) is 9.78 Å². The summed E-state index contributed by atoms with van der Waals surface area (Å²) in [6.45, 7) is 0.605. The standard InChI is InChI=1S/C11H12N4O2/c12-9-5-14-15(7-9)6-8-1-3-10(4-2-8)17-11(13)16/h1-5,7H,6,12H2,(H2,13,16). The molecule has 0 spiro atoms. The quantitative estimate of drug-likeness (QED) is 0.824. The average molecular weight is 232 g/mol. The van der Waals surface area contributed by atoms with E-state index in [0.29, 0.717) is 18.0 Å². The van der Waals surface area contributed by atoms with Crippen LogP contribution in [-0.4, -0.2) is 15.9 Å². The molecule has 0 bridgehead atoms. The zero-order valence-electron chi connectivity index (χ0n) is 9.04. The SMILES string of the molecule is NC(=O)Oc1ccc(Cn2cc(N)cn2)cc1. The molecule has 6 heteroatoms. The average Bonchev–Trinajstić information content (AvgIpc) is 2.66. The number of nitrogen functional groups attached to an aromatic ring is 1. The molecule has 6 nitrogen and oxygen atoms in total. The Morgan fingerprint density at radius 1 is 1.35 bits per heavy atom. The van der Waals surface area contributed by atoms with E-state index >= 15 is 0 Å². The highest BCUT2D eigenvalue weighted by Crippen LogP contribution is 2.13. The number of benzene rings is 1. The molecule has 0 saturated heterocycles. The van der Waals surface area contributed by atoms with Crippen LogP contribution in [0.1, 0.15) is 5.56 Å². The van der Waals surface area contributed by atoms with E-state index in [1.807, 2.05) is 12.1 Å². The van der Waals surface area contributed by atoms with Crippen LogP contribution in [0.15, 0.2) is 36.7 Å². The van der Waals surface area contributed by atoms with E-state index in [4.69, 9.17) is 16.2 Å². The molecule has 1 heterocycles. The van der Waals surface area contributed by atoms with Crippen molar-refractivity contribution < 1.29 is 9.53 Å². The first kappa shape index (κ1) is 11.0. The Balaban J connectivity index is 2.05. The van der Waals surface area contributed by atoms with E-state index in [2.05, 4.69) is 5.10 Å². The fourth-order valence-electron chi connectivity index (χ4n) is 1.43. The molecule has 4 N–H and O–H groups in total. The highest BCUT2D eigenvalue weighted by Gasteiger charge is 2.00. The van der Waals surface area contributed by atoms with Gasteiger partial charge in [0.05, 0.1) is 18.4 Å². The van der Waals surface area contributed by atoms with Crippen LogP contribution >= 0.6 is 0 Å². The summed E-state index contributed by atoms with van der Waals surface area (Å²) < 4.78 is 6.44. The second kappa shape index (κ2) is 4.56. The summed E-state index contributed by atoms with van der Waals surface area (Å²) in [6.07, 6.45) is 2.51. The Labute approximate surface area is 97.8 Å². The van der Waals surface area contributed by atoms with Crippen LogP contribution in [0.3, 0.4) is 0 Å². The van der Waals surface area contributed by atoms with Gasteiger partial charge in [-0.05, 0) is 17.7 Å². The first-order chi connectivity index (χ1) is 8.13. The topological polar surface area (TPSA) is 96.2 Å². The number of anilines is 1. The van der Waals surface area contributed by atoms with Crippen molar-refractivity contribution in [2.24, 2.45) is 5.73 Å². The van der Waals surface area contributed by atoms with Gasteiger partial charge in [-0.3, -0.25) is 4.68 Å². The predicted molar refractivity (Wildman–Crippen MR) is 62.4 cm³/mol. The van der Waals surface area contributed by atoms with Crippen LogP contribution in [0.2, 0.25) is 0 Å². The number of rotatable bonds is 3. The molecular formula is C11H12N4O2. The zero-order valence-corrected chi connectivity index (χ0v) is 9.04. The van der Waals surface area contributed by atoms with Crippen LogP contribution in [-0.2, 0) is 6.54 Å². The van der Waals surface area contributed by atoms with Crippen LogP contribution in [0.25, 0.3) is 0 Å². The molecule has 17 heavy (non-hydrogen) atoms. The van der Waals surface area contributed by atoms with Crippen molar-refractivity contribution in [1.29, 1.82) is 0 Å². The molecule has 88 valence electrons. The third kappa shape index (κ3) is 2.97. The Hall–Kier alpha value is -2.50. The lowest BCUT2D eigenvalue weighted by Gasteiger charge is -2.04. The van der Waals surface area contributed by atoms with Gasteiger partial charge in [-0.25, -0.2) is 4.79 Å². The molecule has 0 saturated carbocycles. The number of hydrogen-bond donors (Lipinski definition) is 2. The van der Waals surface area contributed by atoms with Gasteiger partial charge in [0.1, 0.15) is 5.75 Å². The van der Waals surface area contributed by atoms with Crippen molar-refractivity contribution in [2.45, 2.75) is 6.54 Å². The maximum Gasteiger partial charge on any atom is 0.409 e. The molecule has 1 aromatic heterocycles. The summed E-state index contributed by atoms with van der Waals surface area (Å²) in [6, 6.07) is 7.01. The summed E-state index contributed by atoms with van der Waals surface area (Å²) in [5, 5.41) is 4.07. The van der Waals surface area contributed by atoms with Crippen LogP contribution in [0.4, 0.5) is 10.5 Å². The van der Waals surface area contributed by atoms with Gasteiger partial charge < -0.3 is 16.2 Å². The van der Waals surface area contributed by atoms with Crippen molar-refractivity contribution >= 4 is 11.8 Å². The van der Waals surface area contributed by atoms with Crippen LogP contribution in [0, 0.1) is 0 Å². The Kier molecular flexibility index (Phi) is 2.95. The third-order valence-electron chi connectivity index (χ3n) is 2.14. The number of hydrogen-bond acceptors (Lipinski definition) is 4. The van der Waals surface area contributed by atoms with Crippen LogP contribution < -0.4 is 16.2 Å². The smallest absolute Gasteiger partial charge is 0.409 e. The number of primary amides is 1. The fourth-order valence-corrected chi connectivity index (χ4v) is 1.43. The number of carbonyl (C=O) groups is 1. The van der Waals surface area contributed by atoms with E-state index in [1.54, 1.807) is 29.2 Å². The maximum absolute atomic E-state index is 10.5. The van der Waals surface area contributed by atoms with Gasteiger partial charge in [-0.1, -0.05) is 12.1 Å². The largest absolute Gasteiger partial charge is 0.411 e. The summed E-state index contributed by atoms with van der Waals surface area (Å²) in [5.74, 6) is 0.418. The monoisotopic (exact) mass is 232 g/mol. The van der Waals surface area contributed by atoms with E-state index in [0.717, 1.165) is 5.56 Å². The molecule has 0 radical (unpaired) electrons. The Morgan fingerprint density at radius 3 is 2.59 bits per heavy atom. The van der Waals surface area contributed by atoms with Gasteiger partial charge in [-0.2, -0.15) is 5.10 Å². The fraction of sp³-hybridized carbons (Fsp3) is 0.0909. The van der Waals surface area contributed by atoms with E-state index in [9.17, 15) is 4.79 Å². The minimum Gasteiger partial charge on any atom is -0.411 e. The minimum atomic E-state index is -0.822. The van der Waals surface area contributed by atoms with Crippen LogP contribution in [0.5, 0.6) is 5.75 Å². The van der Waals surface area contributed by atoms with Crippen molar-refractivity contribution in [3.8, 4) is 5.75 Å². The molecule has 1 amide bonds. The second-order valence-electron chi connectivity index (χ2n) is 3.54. The summed E-state index contributed by atoms with van der Waals surface area (Å²) in [7, 11) is 0. The van der Waals surface area contributed by atoms with Crippen molar-refractivity contribution in [2.75, 3.05) is 5.73 Å². The zero-order chi connectivity index (χ0) is 12.3. The number of amides is 1. The van der Waals surface area contributed by atoms with E-state index in [-0.39, 0.29) is 0 Å². The molecule has 0 aliphatic rings. The second-order valence-corrected chi connectivity index (χ2v) is 3.54. The first-order valence-electron chi connectivity index (χ1n) is 4.97. The highest BCUT2D eigenvalue weighted by atomic mass is 16.5. The van der Waals surface area contributed by atoms with Crippen molar-refractivity contribution in [3.05, 3.63) is 42.2 Å². The Morgan fingerprint density at radius 2 is 2.06 bits per heavy atom. The highest BCUT2D eigenvalue weighted by molar-refractivity contribution is 5.67. The molecule has 0 aliphatic heterocycles. The molecule has 2 aromatic rings. The first-order valence-corrected chi connectivity index (χ1v) is 4.97. The lowest BCUT2D eigenvalue weighted by atomic mass is 10.2. The molecule has 2 rings (SSSR count). The lowest BCUT2D eigenvalue weighted by molar-refractivity contribution is 0.211. The number of aromatic nitrogens is 2. The van der Waals surface area contributed by atoms with Gasteiger partial charge in [0.2, 0.25) is 0 Å². The van der Waals surface area contributed by atoms with Gasteiger partial charge >= 0.3 is 6.09 Å². The van der Waals surface area contributed by atoms with E-state index in [1.165, 1.54) is 0 Å². The molecule has 0 aliphatic carbocycles. The van der Waals surface area contributed by atoms with E-state index < -0.39 is 6.09 Å². The van der Waals surface area contributed by atoms with Gasteiger partial charge in [0.15, 0.2) is 0 Å². The molecule has 0 atom stereocenters. The number of nitrogens with two attached hydrogens (primary N) is 2. The number of ether oxygens (including phenoxy) is 1. The summed E-state index contributed by atoms with van der Waals surface area (Å²) in [5.41, 5.74) is 12.1. The normalized spacial score (nSPS) is 10.1. The van der Waals surface area contributed by atoms with Gasteiger partial charge in [-0.15, -0.1) is 0 Å². The third-order valence-corrected chi connectivity index (χ3v) is 2.14. The number of carbonyl (C=O) groups excluding carboxylic acids is 1. The molecule has 1 aromatic carbocycles. The maximum atomic E-state index is 10.5. The molecular weight excluding hydrogens is 220 g/mol.